The van der Waals surface area contributed by atoms with E-state index in [4.69, 9.17) is 0 Å². The van der Waals surface area contributed by atoms with Crippen LogP contribution in [0.2, 0.25) is 0 Å². The first kappa shape index (κ1) is 15.8. The average Bonchev–Trinajstić information content (AvgIpc) is 3.16. The Morgan fingerprint density at radius 3 is 2.17 bits per heavy atom. The van der Waals surface area contributed by atoms with Crippen LogP contribution in [0.3, 0.4) is 0 Å². The number of anilines is 2. The molecule has 5 heteroatoms. The molecule has 5 nitrogen and oxygen atoms in total. The van der Waals surface area contributed by atoms with Gasteiger partial charge in [0, 0.05) is 30.5 Å². The van der Waals surface area contributed by atoms with Gasteiger partial charge in [0.2, 0.25) is 11.8 Å². The van der Waals surface area contributed by atoms with Crippen LogP contribution >= 0.6 is 0 Å². The summed E-state index contributed by atoms with van der Waals surface area (Å²) in [5.41, 5.74) is 1.08. The van der Waals surface area contributed by atoms with Crippen LogP contribution in [0.15, 0.2) is 24.3 Å². The minimum absolute atomic E-state index is 0.0486. The Labute approximate surface area is 137 Å². The van der Waals surface area contributed by atoms with Crippen LogP contribution in [0.1, 0.15) is 39.5 Å². The van der Waals surface area contributed by atoms with E-state index in [9.17, 15) is 9.59 Å². The largest absolute Gasteiger partial charge is 0.372 e. The zero-order valence-corrected chi connectivity index (χ0v) is 13.9. The number of carbonyl (C=O) groups excluding carboxylic acids is 2. The van der Waals surface area contributed by atoms with E-state index in [-0.39, 0.29) is 17.9 Å². The molecule has 0 radical (unpaired) electrons. The van der Waals surface area contributed by atoms with Gasteiger partial charge in [-0.15, -0.1) is 0 Å². The third-order valence-electron chi connectivity index (χ3n) is 4.64. The number of nitrogens with one attached hydrogen (secondary N) is 2. The van der Waals surface area contributed by atoms with E-state index < -0.39 is 5.41 Å². The molecular weight excluding hydrogens is 290 g/mol. The maximum Gasteiger partial charge on any atom is 0.240 e. The number of hydrogen-bond acceptors (Lipinski definition) is 3. The van der Waals surface area contributed by atoms with E-state index in [1.807, 2.05) is 38.1 Å². The smallest absolute Gasteiger partial charge is 0.240 e. The molecule has 2 fully saturated rings. The molecule has 0 bridgehead atoms. The van der Waals surface area contributed by atoms with Gasteiger partial charge in [-0.3, -0.25) is 9.59 Å². The third kappa shape index (κ3) is 3.33. The van der Waals surface area contributed by atoms with Gasteiger partial charge in [0.05, 0.1) is 0 Å². The van der Waals surface area contributed by atoms with Crippen LogP contribution in [0.5, 0.6) is 0 Å². The highest BCUT2D eigenvalue weighted by molar-refractivity contribution is 6.13. The van der Waals surface area contributed by atoms with Gasteiger partial charge in [0.1, 0.15) is 5.41 Å². The van der Waals surface area contributed by atoms with Crippen LogP contribution in [0.4, 0.5) is 11.4 Å². The molecular formula is C18H25N3O2. The van der Waals surface area contributed by atoms with Crippen molar-refractivity contribution >= 4 is 23.2 Å². The molecule has 124 valence electrons. The fourth-order valence-electron chi connectivity index (χ4n) is 3.06. The van der Waals surface area contributed by atoms with E-state index in [2.05, 4.69) is 15.5 Å². The minimum atomic E-state index is -0.863. The lowest BCUT2D eigenvalue weighted by Gasteiger charge is -2.19. The first-order chi connectivity index (χ1) is 11.0. The lowest BCUT2D eigenvalue weighted by atomic mass is 10.0. The summed E-state index contributed by atoms with van der Waals surface area (Å²) in [7, 11) is 0. The second-order valence-electron chi connectivity index (χ2n) is 6.91. The molecule has 3 rings (SSSR count). The van der Waals surface area contributed by atoms with Crippen molar-refractivity contribution in [2.45, 2.75) is 45.6 Å². The quantitative estimate of drug-likeness (QED) is 0.821. The Balaban J connectivity index is 1.62. The van der Waals surface area contributed by atoms with Crippen LogP contribution in [-0.2, 0) is 9.59 Å². The first-order valence-corrected chi connectivity index (χ1v) is 8.49. The second kappa shape index (κ2) is 6.22. The Bertz CT molecular complexity index is 585. The summed E-state index contributed by atoms with van der Waals surface area (Å²) in [5, 5.41) is 5.75. The predicted molar refractivity (Wildman–Crippen MR) is 91.5 cm³/mol. The second-order valence-corrected chi connectivity index (χ2v) is 6.91. The zero-order chi connectivity index (χ0) is 16.4. The lowest BCUT2D eigenvalue weighted by Crippen LogP contribution is -2.42. The maximum atomic E-state index is 12.5. The number of benzene rings is 1. The van der Waals surface area contributed by atoms with Gasteiger partial charge in [-0.25, -0.2) is 0 Å². The summed E-state index contributed by atoms with van der Waals surface area (Å²) < 4.78 is 0. The molecule has 0 spiro atoms. The average molecular weight is 315 g/mol. The van der Waals surface area contributed by atoms with E-state index >= 15 is 0 Å². The Hall–Kier alpha value is -2.04. The molecule has 1 saturated heterocycles. The normalized spacial score (nSPS) is 18.8. The van der Waals surface area contributed by atoms with E-state index in [0.717, 1.165) is 18.8 Å². The highest BCUT2D eigenvalue weighted by Gasteiger charge is 2.56. The first-order valence-electron chi connectivity index (χ1n) is 8.49. The maximum absolute atomic E-state index is 12.5. The summed E-state index contributed by atoms with van der Waals surface area (Å²) in [6.45, 7) is 6.01. The van der Waals surface area contributed by atoms with Gasteiger partial charge in [-0.05, 0) is 63.8 Å². The van der Waals surface area contributed by atoms with Crippen molar-refractivity contribution in [3.05, 3.63) is 24.3 Å². The fourth-order valence-corrected chi connectivity index (χ4v) is 3.06. The predicted octanol–water partition coefficient (Wildman–Crippen LogP) is 2.53. The molecule has 0 unspecified atom stereocenters. The van der Waals surface area contributed by atoms with Crippen molar-refractivity contribution in [2.24, 2.45) is 5.41 Å². The number of nitrogens with zero attached hydrogens (tertiary/aromatic N) is 1. The van der Waals surface area contributed by atoms with Crippen molar-refractivity contribution in [3.8, 4) is 0 Å². The lowest BCUT2D eigenvalue weighted by molar-refractivity contribution is -0.134. The summed E-state index contributed by atoms with van der Waals surface area (Å²) >= 11 is 0. The van der Waals surface area contributed by atoms with Gasteiger partial charge < -0.3 is 15.5 Å². The fraction of sp³-hybridized carbons (Fsp3) is 0.556. The zero-order valence-electron chi connectivity index (χ0n) is 13.9. The molecule has 1 aliphatic heterocycles. The van der Waals surface area contributed by atoms with Gasteiger partial charge in [0.25, 0.3) is 0 Å². The van der Waals surface area contributed by atoms with Gasteiger partial charge in [-0.2, -0.15) is 0 Å². The molecule has 1 saturated carbocycles. The SMILES string of the molecule is CC(C)NC(=O)C1(C(=O)Nc2ccc(N3CCCC3)cc2)CC1. The summed E-state index contributed by atoms with van der Waals surface area (Å²) in [6, 6.07) is 7.96. The van der Waals surface area contributed by atoms with E-state index in [1.165, 1.54) is 18.5 Å². The minimum Gasteiger partial charge on any atom is -0.372 e. The van der Waals surface area contributed by atoms with Crippen LogP contribution in [0, 0.1) is 5.41 Å². The van der Waals surface area contributed by atoms with Gasteiger partial charge in [0.15, 0.2) is 0 Å². The van der Waals surface area contributed by atoms with Crippen LogP contribution in [0.25, 0.3) is 0 Å². The molecule has 1 aromatic carbocycles. The summed E-state index contributed by atoms with van der Waals surface area (Å²) in [6.07, 6.45) is 3.74. The molecule has 0 atom stereocenters. The summed E-state index contributed by atoms with van der Waals surface area (Å²) in [5.74, 6) is -0.344. The number of hydrogen-bond donors (Lipinski definition) is 2. The molecule has 1 aromatic rings. The van der Waals surface area contributed by atoms with Crippen molar-refractivity contribution in [1.29, 1.82) is 0 Å². The van der Waals surface area contributed by atoms with E-state index in [1.54, 1.807) is 0 Å². The number of carbonyl (C=O) groups is 2. The molecule has 2 amide bonds. The highest BCUT2D eigenvalue weighted by Crippen LogP contribution is 2.47. The highest BCUT2D eigenvalue weighted by atomic mass is 16.2. The Morgan fingerprint density at radius 1 is 1.04 bits per heavy atom. The molecule has 1 aliphatic carbocycles. The summed E-state index contributed by atoms with van der Waals surface area (Å²) in [4.78, 5) is 27.0. The van der Waals surface area contributed by atoms with Gasteiger partial charge in [-0.1, -0.05) is 0 Å². The molecule has 2 N–H and O–H groups in total. The number of rotatable bonds is 5. The van der Waals surface area contributed by atoms with Gasteiger partial charge >= 0.3 is 0 Å². The molecule has 2 aliphatic rings. The van der Waals surface area contributed by atoms with Crippen molar-refractivity contribution in [2.75, 3.05) is 23.3 Å². The van der Waals surface area contributed by atoms with Crippen LogP contribution < -0.4 is 15.5 Å². The molecule has 0 aromatic heterocycles. The Kier molecular flexibility index (Phi) is 4.28. The molecule has 23 heavy (non-hydrogen) atoms. The van der Waals surface area contributed by atoms with Crippen LogP contribution in [-0.4, -0.2) is 30.9 Å². The van der Waals surface area contributed by atoms with Crippen molar-refractivity contribution < 1.29 is 9.59 Å². The monoisotopic (exact) mass is 315 g/mol. The number of amides is 2. The van der Waals surface area contributed by atoms with Crippen molar-refractivity contribution in [3.63, 3.8) is 0 Å². The molecule has 1 heterocycles. The topological polar surface area (TPSA) is 61.4 Å². The standard InChI is InChI=1S/C18H25N3O2/c1-13(2)19-16(22)18(9-10-18)17(23)20-14-5-7-15(8-6-14)21-11-3-4-12-21/h5-8,13H,3-4,9-12H2,1-2H3,(H,19,22)(H,20,23). The van der Waals surface area contributed by atoms with Crippen molar-refractivity contribution in [1.82, 2.24) is 5.32 Å². The Morgan fingerprint density at radius 2 is 1.65 bits per heavy atom. The van der Waals surface area contributed by atoms with E-state index in [0.29, 0.717) is 12.8 Å². The third-order valence-corrected chi connectivity index (χ3v) is 4.64.